The molecule has 0 unspecified atom stereocenters. The van der Waals surface area contributed by atoms with Gasteiger partial charge in [0.1, 0.15) is 10.6 Å². The Kier molecular flexibility index (Phi) is 8.90. The summed E-state index contributed by atoms with van der Waals surface area (Å²) in [5, 5.41) is 0.442. The Morgan fingerprint density at radius 1 is 1.05 bits per heavy atom. The smallest absolute Gasteiger partial charge is 0.232 e. The van der Waals surface area contributed by atoms with Gasteiger partial charge in [-0.15, -0.1) is 0 Å². The predicted octanol–water partition coefficient (Wildman–Crippen LogP) is 7.31. The summed E-state index contributed by atoms with van der Waals surface area (Å²) < 4.78 is 48.1. The molecule has 0 bridgehead atoms. The molecule has 2 fully saturated rings. The lowest BCUT2D eigenvalue weighted by Gasteiger charge is -2.38. The van der Waals surface area contributed by atoms with E-state index in [-0.39, 0.29) is 42.5 Å². The molecule has 2 aliphatic rings. The zero-order chi connectivity index (χ0) is 27.6. The minimum absolute atomic E-state index is 0.144. The van der Waals surface area contributed by atoms with E-state index in [9.17, 15) is 13.2 Å². The van der Waals surface area contributed by atoms with Crippen LogP contribution in [0.15, 0.2) is 47.4 Å². The fourth-order valence-corrected chi connectivity index (χ4v) is 8.00. The van der Waals surface area contributed by atoms with Gasteiger partial charge in [0.15, 0.2) is 9.84 Å². The highest BCUT2D eigenvalue weighted by molar-refractivity contribution is 7.92. The van der Waals surface area contributed by atoms with Crippen LogP contribution in [-0.2, 0) is 24.1 Å². The number of anilines is 1. The van der Waals surface area contributed by atoms with Gasteiger partial charge in [0.05, 0.1) is 10.6 Å². The summed E-state index contributed by atoms with van der Waals surface area (Å²) in [7, 11) is -3.89. The molecule has 38 heavy (non-hydrogen) atoms. The van der Waals surface area contributed by atoms with Gasteiger partial charge in [-0.25, -0.2) is 12.8 Å². The number of amides is 1. The predicted molar refractivity (Wildman–Crippen MR) is 150 cm³/mol. The minimum Gasteiger partial charge on any atom is -0.381 e. The van der Waals surface area contributed by atoms with Crippen LogP contribution in [0.3, 0.4) is 0 Å². The first-order valence-electron chi connectivity index (χ1n) is 13.7. The van der Waals surface area contributed by atoms with E-state index in [1.165, 1.54) is 37.5 Å². The Morgan fingerprint density at radius 2 is 1.68 bits per heavy atom. The van der Waals surface area contributed by atoms with E-state index in [1.807, 2.05) is 20.8 Å². The molecule has 1 aliphatic carbocycles. The molecule has 0 atom stereocenters. The molecule has 5 nitrogen and oxygen atoms in total. The maximum Gasteiger partial charge on any atom is 0.232 e. The van der Waals surface area contributed by atoms with Crippen molar-refractivity contribution < 1.29 is 22.3 Å². The van der Waals surface area contributed by atoms with E-state index in [4.69, 9.17) is 16.3 Å². The second kappa shape index (κ2) is 11.6. The standard InChI is InChI=1S/C30H39ClFNO4S/c1-29(2,3)28(34)33(18-15-22-7-5-4-6-8-22)27-14-9-23(21-26(27)32)30(16-19-37-20-17-30)38(35,36)25-12-10-24(31)11-13-25/h9-14,21-22H,4-8,15-20H2,1-3H3. The molecule has 1 saturated heterocycles. The summed E-state index contributed by atoms with van der Waals surface area (Å²) in [6.07, 6.45) is 7.20. The van der Waals surface area contributed by atoms with Crippen LogP contribution in [0.25, 0.3) is 0 Å². The normalized spacial score (nSPS) is 18.8. The van der Waals surface area contributed by atoms with Crippen molar-refractivity contribution >= 4 is 33.0 Å². The number of halogens is 2. The molecule has 1 amide bonds. The van der Waals surface area contributed by atoms with Crippen LogP contribution >= 0.6 is 11.6 Å². The van der Waals surface area contributed by atoms with Gasteiger partial charge in [0.25, 0.3) is 0 Å². The SMILES string of the molecule is CC(C)(C)C(=O)N(CCC1CCCCC1)c1ccc(C2(S(=O)(=O)c3ccc(Cl)cc3)CCOCC2)cc1F. The summed E-state index contributed by atoms with van der Waals surface area (Å²) in [5.41, 5.74) is -0.0969. The van der Waals surface area contributed by atoms with Gasteiger partial charge >= 0.3 is 0 Å². The monoisotopic (exact) mass is 563 g/mol. The summed E-state index contributed by atoms with van der Waals surface area (Å²) in [6, 6.07) is 10.7. The van der Waals surface area contributed by atoms with Crippen LogP contribution in [0, 0.1) is 17.2 Å². The van der Waals surface area contributed by atoms with Gasteiger partial charge in [-0.05, 0) is 67.1 Å². The lowest BCUT2D eigenvalue weighted by molar-refractivity contribution is -0.125. The molecule has 0 N–H and O–H groups in total. The highest BCUT2D eigenvalue weighted by Crippen LogP contribution is 2.45. The van der Waals surface area contributed by atoms with Crippen LogP contribution < -0.4 is 4.90 Å². The molecule has 0 aromatic heterocycles. The summed E-state index contributed by atoms with van der Waals surface area (Å²) in [5.74, 6) is -0.188. The Bertz CT molecular complexity index is 1230. The van der Waals surface area contributed by atoms with E-state index in [1.54, 1.807) is 29.2 Å². The fourth-order valence-electron chi connectivity index (χ4n) is 5.79. The summed E-state index contributed by atoms with van der Waals surface area (Å²) in [4.78, 5) is 15.2. The van der Waals surface area contributed by atoms with Crippen LogP contribution in [0.2, 0.25) is 5.02 Å². The molecule has 2 aromatic rings. The molecular formula is C30H39ClFNO4S. The van der Waals surface area contributed by atoms with Crippen molar-refractivity contribution in [1.82, 2.24) is 0 Å². The van der Waals surface area contributed by atoms with Gasteiger partial charge in [-0.2, -0.15) is 0 Å². The van der Waals surface area contributed by atoms with E-state index >= 15 is 4.39 Å². The first-order chi connectivity index (χ1) is 18.0. The van der Waals surface area contributed by atoms with Crippen molar-refractivity contribution in [2.75, 3.05) is 24.7 Å². The number of nitrogens with zero attached hydrogens (tertiary/aromatic N) is 1. The summed E-state index contributed by atoms with van der Waals surface area (Å²) >= 11 is 6.00. The maximum atomic E-state index is 15.9. The lowest BCUT2D eigenvalue weighted by Crippen LogP contribution is -2.42. The van der Waals surface area contributed by atoms with Gasteiger partial charge in [0.2, 0.25) is 5.91 Å². The highest BCUT2D eigenvalue weighted by atomic mass is 35.5. The van der Waals surface area contributed by atoms with Gasteiger partial charge in [-0.1, -0.05) is 70.5 Å². The van der Waals surface area contributed by atoms with Gasteiger partial charge in [0, 0.05) is 30.2 Å². The molecular weight excluding hydrogens is 525 g/mol. The molecule has 8 heteroatoms. The second-order valence-electron chi connectivity index (χ2n) is 11.7. The van der Waals surface area contributed by atoms with Crippen molar-refractivity contribution in [2.24, 2.45) is 11.3 Å². The van der Waals surface area contributed by atoms with E-state index in [0.717, 1.165) is 19.3 Å². The fraction of sp³-hybridized carbons (Fsp3) is 0.567. The van der Waals surface area contributed by atoms with Crippen molar-refractivity contribution in [1.29, 1.82) is 0 Å². The Hall–Kier alpha value is -1.96. The van der Waals surface area contributed by atoms with Gasteiger partial charge in [-0.3, -0.25) is 4.79 Å². The van der Waals surface area contributed by atoms with Crippen molar-refractivity contribution in [3.05, 3.63) is 58.9 Å². The van der Waals surface area contributed by atoms with Crippen molar-refractivity contribution in [3.63, 3.8) is 0 Å². The molecule has 2 aromatic carbocycles. The zero-order valence-electron chi connectivity index (χ0n) is 22.6. The van der Waals surface area contributed by atoms with Gasteiger partial charge < -0.3 is 9.64 Å². The lowest BCUT2D eigenvalue weighted by atomic mass is 9.86. The third-order valence-electron chi connectivity index (χ3n) is 8.08. The van der Waals surface area contributed by atoms with Crippen LogP contribution in [0.4, 0.5) is 10.1 Å². The number of carbonyl (C=O) groups excluding carboxylic acids is 1. The molecule has 4 rings (SSSR count). The Morgan fingerprint density at radius 3 is 2.26 bits per heavy atom. The van der Waals surface area contributed by atoms with Crippen LogP contribution in [0.5, 0.6) is 0 Å². The summed E-state index contributed by atoms with van der Waals surface area (Å²) in [6.45, 7) is 6.47. The van der Waals surface area contributed by atoms with Crippen LogP contribution in [0.1, 0.15) is 77.7 Å². The number of benzene rings is 2. The average Bonchev–Trinajstić information content (AvgIpc) is 2.90. The Balaban J connectivity index is 1.71. The van der Waals surface area contributed by atoms with Crippen LogP contribution in [-0.4, -0.2) is 34.1 Å². The number of hydrogen-bond donors (Lipinski definition) is 0. The number of ether oxygens (including phenoxy) is 1. The van der Waals surface area contributed by atoms with E-state index < -0.39 is 25.8 Å². The van der Waals surface area contributed by atoms with E-state index in [0.29, 0.717) is 23.0 Å². The molecule has 1 aliphatic heterocycles. The average molecular weight is 564 g/mol. The Labute approximate surface area is 231 Å². The molecule has 0 radical (unpaired) electrons. The first kappa shape index (κ1) is 29.0. The van der Waals surface area contributed by atoms with E-state index in [2.05, 4.69) is 0 Å². The van der Waals surface area contributed by atoms with Crippen molar-refractivity contribution in [3.8, 4) is 0 Å². The number of hydrogen-bond acceptors (Lipinski definition) is 4. The molecule has 208 valence electrons. The zero-order valence-corrected chi connectivity index (χ0v) is 24.2. The third-order valence-corrected chi connectivity index (χ3v) is 10.9. The first-order valence-corrected chi connectivity index (χ1v) is 15.5. The third kappa shape index (κ3) is 5.95. The largest absolute Gasteiger partial charge is 0.381 e. The molecule has 1 heterocycles. The number of carbonyl (C=O) groups is 1. The molecule has 0 spiro atoms. The van der Waals surface area contributed by atoms with Crippen molar-refractivity contribution in [2.45, 2.75) is 81.8 Å². The second-order valence-corrected chi connectivity index (χ2v) is 14.4. The quantitative estimate of drug-likeness (QED) is 0.354. The number of rotatable bonds is 7. The molecule has 1 saturated carbocycles. The minimum atomic E-state index is -3.89. The topological polar surface area (TPSA) is 63.7 Å². The number of sulfone groups is 1. The highest BCUT2D eigenvalue weighted by Gasteiger charge is 2.48. The maximum absolute atomic E-state index is 15.9.